The Hall–Kier alpha value is -0.430. The van der Waals surface area contributed by atoms with Crippen LogP contribution in [0.15, 0.2) is 16.3 Å². The van der Waals surface area contributed by atoms with Gasteiger partial charge >= 0.3 is 0 Å². The summed E-state index contributed by atoms with van der Waals surface area (Å²) >= 11 is 1.27. The van der Waals surface area contributed by atoms with Gasteiger partial charge in [0.1, 0.15) is 4.21 Å². The number of nitrogens with one attached hydrogen (secondary N) is 1. The highest BCUT2D eigenvalue weighted by atomic mass is 32.2. The van der Waals surface area contributed by atoms with Crippen LogP contribution < -0.4 is 4.72 Å². The molecule has 1 heterocycles. The number of aliphatic hydroxyl groups is 1. The zero-order valence-corrected chi connectivity index (χ0v) is 10.6. The minimum atomic E-state index is -3.34. The molecule has 0 unspecified atom stereocenters. The lowest BCUT2D eigenvalue weighted by Crippen LogP contribution is -2.38. The number of thiophene rings is 1. The molecular weight excluding hydrogens is 246 g/mol. The smallest absolute Gasteiger partial charge is 0.250 e. The molecule has 0 bridgehead atoms. The van der Waals surface area contributed by atoms with E-state index in [1.807, 2.05) is 6.92 Å². The number of hydrogen-bond donors (Lipinski definition) is 2. The largest absolute Gasteiger partial charge is 0.393 e. The summed E-state index contributed by atoms with van der Waals surface area (Å²) < 4.78 is 26.6. The molecule has 0 amide bonds. The topological polar surface area (TPSA) is 66.4 Å². The quantitative estimate of drug-likeness (QED) is 0.853. The first-order valence-corrected chi connectivity index (χ1v) is 7.51. The van der Waals surface area contributed by atoms with E-state index >= 15 is 0 Å². The monoisotopic (exact) mass is 261 g/mol. The number of sulfonamides is 1. The van der Waals surface area contributed by atoms with Crippen molar-refractivity contribution < 1.29 is 13.5 Å². The lowest BCUT2D eigenvalue weighted by molar-refractivity contribution is 0.0453. The highest BCUT2D eigenvalue weighted by Gasteiger charge is 2.28. The summed E-state index contributed by atoms with van der Waals surface area (Å²) in [6, 6.07) is 3.42. The number of aliphatic hydroxyl groups excluding tert-OH is 1. The van der Waals surface area contributed by atoms with Gasteiger partial charge in [-0.2, -0.15) is 0 Å². The van der Waals surface area contributed by atoms with Crippen LogP contribution >= 0.6 is 11.3 Å². The molecule has 1 fully saturated rings. The SMILES string of the molecule is Cc1ccc(S(=O)(=O)NCC2CC(O)C2)s1. The standard InChI is InChI=1S/C10H15NO3S2/c1-7-2-3-10(15-7)16(13,14)11-6-8-4-9(12)5-8/h2-3,8-9,11-12H,4-6H2,1H3. The van der Waals surface area contributed by atoms with Gasteiger partial charge in [0, 0.05) is 11.4 Å². The number of aryl methyl sites for hydroxylation is 1. The van der Waals surface area contributed by atoms with Crippen molar-refractivity contribution in [2.75, 3.05) is 6.54 Å². The summed E-state index contributed by atoms with van der Waals surface area (Å²) in [6.07, 6.45) is 1.16. The van der Waals surface area contributed by atoms with Gasteiger partial charge in [0.05, 0.1) is 6.10 Å². The van der Waals surface area contributed by atoms with Gasteiger partial charge in [-0.25, -0.2) is 13.1 Å². The lowest BCUT2D eigenvalue weighted by Gasteiger charge is -2.31. The molecule has 0 aromatic carbocycles. The van der Waals surface area contributed by atoms with Crippen molar-refractivity contribution in [3.05, 3.63) is 17.0 Å². The Kier molecular flexibility index (Phi) is 3.34. The van der Waals surface area contributed by atoms with E-state index in [-0.39, 0.29) is 12.0 Å². The first-order valence-electron chi connectivity index (χ1n) is 5.21. The van der Waals surface area contributed by atoms with Crippen LogP contribution in [0.5, 0.6) is 0 Å². The van der Waals surface area contributed by atoms with E-state index in [1.54, 1.807) is 12.1 Å². The molecule has 0 radical (unpaired) electrons. The Morgan fingerprint density at radius 2 is 2.19 bits per heavy atom. The highest BCUT2D eigenvalue weighted by molar-refractivity contribution is 7.91. The van der Waals surface area contributed by atoms with Crippen LogP contribution in [0.2, 0.25) is 0 Å². The second-order valence-electron chi connectivity index (χ2n) is 4.21. The molecule has 90 valence electrons. The van der Waals surface area contributed by atoms with Gasteiger partial charge in [-0.3, -0.25) is 0 Å². The Labute approximate surface area is 99.4 Å². The predicted octanol–water partition coefficient (Wildman–Crippen LogP) is 1.11. The fourth-order valence-electron chi connectivity index (χ4n) is 1.72. The van der Waals surface area contributed by atoms with Crippen molar-refractivity contribution in [1.29, 1.82) is 0 Å². The van der Waals surface area contributed by atoms with Crippen LogP contribution in [-0.4, -0.2) is 26.2 Å². The van der Waals surface area contributed by atoms with Crippen LogP contribution in [0.25, 0.3) is 0 Å². The lowest BCUT2D eigenvalue weighted by atomic mass is 9.83. The molecular formula is C10H15NO3S2. The van der Waals surface area contributed by atoms with Crippen molar-refractivity contribution in [3.8, 4) is 0 Å². The Morgan fingerprint density at radius 1 is 1.50 bits per heavy atom. The zero-order chi connectivity index (χ0) is 11.8. The summed E-state index contributed by atoms with van der Waals surface area (Å²) in [4.78, 5) is 0.986. The fraction of sp³-hybridized carbons (Fsp3) is 0.600. The van der Waals surface area contributed by atoms with E-state index < -0.39 is 10.0 Å². The van der Waals surface area contributed by atoms with Crippen LogP contribution in [0, 0.1) is 12.8 Å². The van der Waals surface area contributed by atoms with E-state index in [2.05, 4.69) is 4.72 Å². The van der Waals surface area contributed by atoms with Crippen molar-refractivity contribution in [2.45, 2.75) is 30.1 Å². The van der Waals surface area contributed by atoms with E-state index in [1.165, 1.54) is 11.3 Å². The molecule has 1 aliphatic carbocycles. The zero-order valence-electron chi connectivity index (χ0n) is 9.01. The van der Waals surface area contributed by atoms with E-state index in [0.29, 0.717) is 23.6 Å². The van der Waals surface area contributed by atoms with Gasteiger partial charge in [-0.05, 0) is 37.8 Å². The Balaban J connectivity index is 1.93. The van der Waals surface area contributed by atoms with Crippen molar-refractivity contribution in [1.82, 2.24) is 4.72 Å². The molecule has 0 spiro atoms. The molecule has 0 saturated heterocycles. The Morgan fingerprint density at radius 3 is 2.69 bits per heavy atom. The second kappa shape index (κ2) is 4.44. The van der Waals surface area contributed by atoms with Gasteiger partial charge < -0.3 is 5.11 Å². The summed E-state index contributed by atoms with van der Waals surface area (Å²) in [7, 11) is -3.34. The van der Waals surface area contributed by atoms with Crippen molar-refractivity contribution >= 4 is 21.4 Å². The summed E-state index contributed by atoms with van der Waals surface area (Å²) in [6.45, 7) is 2.31. The van der Waals surface area contributed by atoms with Gasteiger partial charge in [0.15, 0.2) is 0 Å². The number of hydrogen-bond acceptors (Lipinski definition) is 4. The summed E-state index contributed by atoms with van der Waals surface area (Å²) in [5.41, 5.74) is 0. The second-order valence-corrected chi connectivity index (χ2v) is 7.49. The molecule has 1 aromatic heterocycles. The van der Waals surface area contributed by atoms with Crippen LogP contribution in [0.1, 0.15) is 17.7 Å². The molecule has 0 aliphatic heterocycles. The summed E-state index contributed by atoms with van der Waals surface area (Å²) in [5.74, 6) is 0.283. The van der Waals surface area contributed by atoms with Crippen LogP contribution in [0.4, 0.5) is 0 Å². The number of rotatable bonds is 4. The molecule has 4 nitrogen and oxygen atoms in total. The van der Waals surface area contributed by atoms with Gasteiger partial charge in [-0.1, -0.05) is 0 Å². The average molecular weight is 261 g/mol. The van der Waals surface area contributed by atoms with E-state index in [4.69, 9.17) is 5.11 Å². The third-order valence-corrected chi connectivity index (χ3v) is 5.67. The minimum Gasteiger partial charge on any atom is -0.393 e. The van der Waals surface area contributed by atoms with Gasteiger partial charge in [0.2, 0.25) is 10.0 Å². The van der Waals surface area contributed by atoms with E-state index in [0.717, 1.165) is 4.88 Å². The molecule has 2 rings (SSSR count). The van der Waals surface area contributed by atoms with Gasteiger partial charge in [-0.15, -0.1) is 11.3 Å². The maximum Gasteiger partial charge on any atom is 0.250 e. The normalized spacial score (nSPS) is 25.4. The fourth-order valence-corrected chi connectivity index (χ4v) is 4.17. The first kappa shape index (κ1) is 12.0. The third-order valence-electron chi connectivity index (χ3n) is 2.75. The predicted molar refractivity (Wildman–Crippen MR) is 63.0 cm³/mol. The summed E-state index contributed by atoms with van der Waals surface area (Å²) in [5, 5.41) is 9.09. The maximum absolute atomic E-state index is 11.8. The molecule has 0 atom stereocenters. The average Bonchev–Trinajstić information content (AvgIpc) is 2.58. The van der Waals surface area contributed by atoms with Crippen LogP contribution in [-0.2, 0) is 10.0 Å². The molecule has 1 saturated carbocycles. The van der Waals surface area contributed by atoms with Gasteiger partial charge in [0.25, 0.3) is 0 Å². The van der Waals surface area contributed by atoms with E-state index in [9.17, 15) is 8.42 Å². The molecule has 16 heavy (non-hydrogen) atoms. The maximum atomic E-state index is 11.8. The first-order chi connectivity index (χ1) is 7.47. The molecule has 2 N–H and O–H groups in total. The third kappa shape index (κ3) is 2.63. The highest BCUT2D eigenvalue weighted by Crippen LogP contribution is 2.27. The molecule has 6 heteroatoms. The van der Waals surface area contributed by atoms with Crippen molar-refractivity contribution in [2.24, 2.45) is 5.92 Å². The molecule has 1 aromatic rings. The molecule has 1 aliphatic rings. The van der Waals surface area contributed by atoms with Crippen LogP contribution in [0.3, 0.4) is 0 Å². The van der Waals surface area contributed by atoms with Crippen molar-refractivity contribution in [3.63, 3.8) is 0 Å². The minimum absolute atomic E-state index is 0.238. The Bertz CT molecular complexity index is 460.